The van der Waals surface area contributed by atoms with E-state index < -0.39 is 0 Å². The first-order chi connectivity index (χ1) is 5.85. The number of hydrogen-bond donors (Lipinski definition) is 1. The lowest BCUT2D eigenvalue weighted by Gasteiger charge is -2.14. The minimum absolute atomic E-state index is 0.0121. The van der Waals surface area contributed by atoms with Gasteiger partial charge in [-0.1, -0.05) is 26.3 Å². The minimum Gasteiger partial charge on any atom is -0.210 e. The van der Waals surface area contributed by atoms with E-state index >= 15 is 0 Å². The number of thioether (sulfide) groups is 1. The highest BCUT2D eigenvalue weighted by molar-refractivity contribution is 8.06. The molecule has 0 aliphatic rings. The Labute approximate surface area is 89.2 Å². The molecule has 0 aliphatic carbocycles. The van der Waals surface area contributed by atoms with Gasteiger partial charge in [-0.25, -0.2) is 12.1 Å². The fourth-order valence-electron chi connectivity index (χ4n) is 1.24. The normalized spacial score (nSPS) is 14.2. The molecule has 74 valence electrons. The van der Waals surface area contributed by atoms with Crippen LogP contribution in [-0.4, -0.2) is 19.7 Å². The van der Waals surface area contributed by atoms with E-state index in [0.29, 0.717) is 0 Å². The largest absolute Gasteiger partial charge is 0.210 e. The van der Waals surface area contributed by atoms with Gasteiger partial charge < -0.3 is 0 Å². The Hall–Kier alpha value is 0.917. The van der Waals surface area contributed by atoms with Crippen LogP contribution in [0, 0.1) is 0 Å². The van der Waals surface area contributed by atoms with Crippen molar-refractivity contribution in [1.82, 2.24) is 0 Å². The van der Waals surface area contributed by atoms with Crippen LogP contribution >= 0.6 is 23.8 Å². The Morgan fingerprint density at radius 1 is 1.25 bits per heavy atom. The molecule has 0 nitrogen and oxygen atoms in total. The maximum atomic E-state index is 4.38. The molecular formula is C9H22S2Si. The van der Waals surface area contributed by atoms with Gasteiger partial charge in [0.2, 0.25) is 0 Å². The highest BCUT2D eigenvalue weighted by Gasteiger charge is 2.06. The lowest BCUT2D eigenvalue weighted by atomic mass is 10.2. The topological polar surface area (TPSA) is 0 Å². The molecule has 0 aliphatic heterocycles. The second-order valence-corrected chi connectivity index (χ2v) is 7.05. The van der Waals surface area contributed by atoms with E-state index in [1.165, 1.54) is 37.5 Å². The van der Waals surface area contributed by atoms with Crippen LogP contribution in [0.1, 0.15) is 39.5 Å². The Morgan fingerprint density at radius 2 is 2.00 bits per heavy atom. The molecule has 0 aromatic heterocycles. The van der Waals surface area contributed by atoms with Gasteiger partial charge >= 0.3 is 0 Å². The SMILES string of the molecule is CCCSC(CCC)CC[SiH2]S. The van der Waals surface area contributed by atoms with Gasteiger partial charge in [-0.05, 0) is 25.0 Å². The Morgan fingerprint density at radius 3 is 2.50 bits per heavy atom. The number of rotatable bonds is 8. The predicted molar refractivity (Wildman–Crippen MR) is 68.4 cm³/mol. The zero-order valence-electron chi connectivity index (χ0n) is 8.38. The van der Waals surface area contributed by atoms with Crippen molar-refractivity contribution in [2.45, 2.75) is 50.8 Å². The molecule has 0 aromatic rings. The summed E-state index contributed by atoms with van der Waals surface area (Å²) in [7, 11) is 0.0121. The van der Waals surface area contributed by atoms with E-state index in [4.69, 9.17) is 0 Å². The summed E-state index contributed by atoms with van der Waals surface area (Å²) in [6.07, 6.45) is 5.50. The van der Waals surface area contributed by atoms with Gasteiger partial charge in [-0.15, -0.1) is 0 Å². The minimum atomic E-state index is 0.0121. The predicted octanol–water partition coefficient (Wildman–Crippen LogP) is 3.12. The average Bonchev–Trinajstić information content (AvgIpc) is 2.10. The molecule has 1 atom stereocenters. The van der Waals surface area contributed by atoms with Gasteiger partial charge in [-0.2, -0.15) is 11.8 Å². The second kappa shape index (κ2) is 10.0. The highest BCUT2D eigenvalue weighted by Crippen LogP contribution is 2.22. The van der Waals surface area contributed by atoms with Crippen molar-refractivity contribution in [3.8, 4) is 0 Å². The van der Waals surface area contributed by atoms with Crippen molar-refractivity contribution in [2.75, 3.05) is 5.75 Å². The molecule has 12 heavy (non-hydrogen) atoms. The van der Waals surface area contributed by atoms with Crippen molar-refractivity contribution >= 4 is 32.5 Å². The molecule has 0 rings (SSSR count). The monoisotopic (exact) mass is 222 g/mol. The maximum Gasteiger partial charge on any atom is 0.0813 e. The third kappa shape index (κ3) is 7.56. The first-order valence-corrected chi connectivity index (χ1v) is 9.65. The van der Waals surface area contributed by atoms with Crippen LogP contribution in [0.5, 0.6) is 0 Å². The highest BCUT2D eigenvalue weighted by atomic mass is 32.3. The zero-order valence-corrected chi connectivity index (χ0v) is 11.5. The molecular weight excluding hydrogens is 200 g/mol. The first kappa shape index (κ1) is 12.9. The van der Waals surface area contributed by atoms with E-state index in [2.05, 4.69) is 37.7 Å². The van der Waals surface area contributed by atoms with Gasteiger partial charge in [0, 0.05) is 5.25 Å². The molecule has 0 saturated carbocycles. The number of hydrogen-bond acceptors (Lipinski definition) is 2. The summed E-state index contributed by atoms with van der Waals surface area (Å²) < 4.78 is 0. The van der Waals surface area contributed by atoms with Crippen LogP contribution in [0.15, 0.2) is 0 Å². The molecule has 0 fully saturated rings. The molecule has 1 unspecified atom stereocenters. The van der Waals surface area contributed by atoms with Crippen LogP contribution in [0.2, 0.25) is 6.04 Å². The van der Waals surface area contributed by atoms with Crippen molar-refractivity contribution in [3.63, 3.8) is 0 Å². The number of thiol groups is 1. The first-order valence-electron chi connectivity index (χ1n) is 5.07. The van der Waals surface area contributed by atoms with Crippen LogP contribution in [0.25, 0.3) is 0 Å². The lowest BCUT2D eigenvalue weighted by Crippen LogP contribution is -2.03. The Bertz CT molecular complexity index is 80.6. The molecule has 3 heteroatoms. The molecule has 0 aromatic carbocycles. The fourth-order valence-corrected chi connectivity index (χ4v) is 4.06. The molecule has 0 heterocycles. The van der Waals surface area contributed by atoms with E-state index in [1.54, 1.807) is 0 Å². The standard InChI is InChI=1S/C9H22S2Si/c1-3-5-9(6-8-12-10)11-7-4-2/h9-10H,3-8,12H2,1-2H3. The summed E-state index contributed by atoms with van der Waals surface area (Å²) in [5, 5.41) is 0.939. The van der Waals surface area contributed by atoms with E-state index in [1.807, 2.05) is 0 Å². The van der Waals surface area contributed by atoms with Crippen molar-refractivity contribution in [3.05, 3.63) is 0 Å². The zero-order chi connectivity index (χ0) is 9.23. The van der Waals surface area contributed by atoms with Gasteiger partial charge in [0.05, 0.1) is 8.67 Å². The summed E-state index contributed by atoms with van der Waals surface area (Å²) >= 11 is 6.56. The molecule has 0 N–H and O–H groups in total. The summed E-state index contributed by atoms with van der Waals surface area (Å²) in [4.78, 5) is 0. The second-order valence-electron chi connectivity index (χ2n) is 3.15. The maximum absolute atomic E-state index is 4.38. The third-order valence-corrected chi connectivity index (χ3v) is 5.11. The summed E-state index contributed by atoms with van der Waals surface area (Å²) in [6.45, 7) is 4.56. The van der Waals surface area contributed by atoms with Gasteiger partial charge in [0.25, 0.3) is 0 Å². The smallest absolute Gasteiger partial charge is 0.0813 e. The quantitative estimate of drug-likeness (QED) is 0.486. The van der Waals surface area contributed by atoms with Crippen molar-refractivity contribution < 1.29 is 0 Å². The van der Waals surface area contributed by atoms with Gasteiger partial charge in [-0.3, -0.25) is 0 Å². The van der Waals surface area contributed by atoms with Gasteiger partial charge in [0.15, 0.2) is 0 Å². The van der Waals surface area contributed by atoms with Gasteiger partial charge in [0.1, 0.15) is 0 Å². The Kier molecular flexibility index (Phi) is 10.8. The van der Waals surface area contributed by atoms with E-state index in [-0.39, 0.29) is 8.67 Å². The molecule has 0 saturated heterocycles. The average molecular weight is 222 g/mol. The van der Waals surface area contributed by atoms with Crippen LogP contribution in [0.4, 0.5) is 0 Å². The molecule has 0 spiro atoms. The third-order valence-electron chi connectivity index (χ3n) is 1.85. The van der Waals surface area contributed by atoms with E-state index in [9.17, 15) is 0 Å². The van der Waals surface area contributed by atoms with Crippen LogP contribution < -0.4 is 0 Å². The summed E-state index contributed by atoms with van der Waals surface area (Å²) in [6, 6.07) is 1.42. The fraction of sp³-hybridized carbons (Fsp3) is 1.00. The lowest BCUT2D eigenvalue weighted by molar-refractivity contribution is 0.718. The van der Waals surface area contributed by atoms with Crippen LogP contribution in [0.3, 0.4) is 0 Å². The molecule has 0 bridgehead atoms. The molecule has 0 amide bonds. The molecule has 0 radical (unpaired) electrons. The Balaban J connectivity index is 3.40. The van der Waals surface area contributed by atoms with Crippen molar-refractivity contribution in [1.29, 1.82) is 0 Å². The van der Waals surface area contributed by atoms with Crippen molar-refractivity contribution in [2.24, 2.45) is 0 Å². The van der Waals surface area contributed by atoms with E-state index in [0.717, 1.165) is 5.25 Å². The van der Waals surface area contributed by atoms with Crippen LogP contribution in [-0.2, 0) is 0 Å². The summed E-state index contributed by atoms with van der Waals surface area (Å²) in [5.41, 5.74) is 0. The summed E-state index contributed by atoms with van der Waals surface area (Å²) in [5.74, 6) is 1.35.